The lowest BCUT2D eigenvalue weighted by molar-refractivity contribution is 0.0318. The quantitative estimate of drug-likeness (QED) is 0.440. The van der Waals surface area contributed by atoms with Gasteiger partial charge >= 0.3 is 5.97 Å². The monoisotopic (exact) mass is 418 g/mol. The Morgan fingerprint density at radius 1 is 1.07 bits per heavy atom. The SMILES string of the molecule is CCOc1c(Cl)cc(C(=O)O[C@@H](C)C(=O)c2ccc(C(C)(C)C)cc2)cc1OC. The van der Waals surface area contributed by atoms with E-state index < -0.39 is 12.1 Å². The van der Waals surface area contributed by atoms with Crippen LogP contribution < -0.4 is 9.47 Å². The van der Waals surface area contributed by atoms with Crippen LogP contribution in [0.3, 0.4) is 0 Å². The van der Waals surface area contributed by atoms with Gasteiger partial charge < -0.3 is 14.2 Å². The van der Waals surface area contributed by atoms with Crippen molar-refractivity contribution in [2.24, 2.45) is 0 Å². The molecule has 0 spiro atoms. The van der Waals surface area contributed by atoms with Gasteiger partial charge in [-0.3, -0.25) is 4.79 Å². The molecule has 0 fully saturated rings. The highest BCUT2D eigenvalue weighted by Crippen LogP contribution is 2.36. The van der Waals surface area contributed by atoms with E-state index in [1.807, 2.05) is 19.1 Å². The number of methoxy groups -OCH3 is 1. The molecule has 0 aliphatic rings. The molecule has 0 amide bonds. The Bertz CT molecular complexity index is 881. The summed E-state index contributed by atoms with van der Waals surface area (Å²) >= 11 is 6.20. The molecule has 0 radical (unpaired) electrons. The van der Waals surface area contributed by atoms with Gasteiger partial charge in [0.25, 0.3) is 0 Å². The molecule has 0 saturated carbocycles. The maximum absolute atomic E-state index is 12.7. The summed E-state index contributed by atoms with van der Waals surface area (Å²) < 4.78 is 16.0. The number of benzene rings is 2. The van der Waals surface area contributed by atoms with E-state index in [0.717, 1.165) is 5.56 Å². The molecule has 6 heteroatoms. The molecule has 5 nitrogen and oxygen atoms in total. The molecule has 0 aromatic heterocycles. The molecular formula is C23H27ClO5. The summed E-state index contributed by atoms with van der Waals surface area (Å²) in [6.07, 6.45) is -0.945. The molecule has 0 heterocycles. The third-order valence-electron chi connectivity index (χ3n) is 4.44. The normalized spacial score (nSPS) is 12.2. The molecule has 0 unspecified atom stereocenters. The van der Waals surface area contributed by atoms with Crippen LogP contribution in [-0.2, 0) is 10.2 Å². The molecule has 0 N–H and O–H groups in total. The van der Waals surface area contributed by atoms with E-state index in [0.29, 0.717) is 23.7 Å². The zero-order chi connectivity index (χ0) is 21.8. The fourth-order valence-electron chi connectivity index (χ4n) is 2.77. The second-order valence-electron chi connectivity index (χ2n) is 7.66. The smallest absolute Gasteiger partial charge is 0.339 e. The highest BCUT2D eigenvalue weighted by Gasteiger charge is 2.23. The molecule has 0 aliphatic heterocycles. The Hall–Kier alpha value is -2.53. The van der Waals surface area contributed by atoms with Gasteiger partial charge in [-0.15, -0.1) is 0 Å². The minimum atomic E-state index is -0.945. The molecule has 2 rings (SSSR count). The number of Topliss-reactive ketones (excluding diaryl/α,β-unsaturated/α-hetero) is 1. The molecule has 2 aromatic rings. The Balaban J connectivity index is 2.16. The lowest BCUT2D eigenvalue weighted by Gasteiger charge is -2.19. The van der Waals surface area contributed by atoms with Gasteiger partial charge in [-0.25, -0.2) is 4.79 Å². The van der Waals surface area contributed by atoms with Crippen LogP contribution in [0.5, 0.6) is 11.5 Å². The summed E-state index contributed by atoms with van der Waals surface area (Å²) in [7, 11) is 1.46. The summed E-state index contributed by atoms with van der Waals surface area (Å²) in [6.45, 7) is 10.1. The number of ketones is 1. The number of hydrogen-bond acceptors (Lipinski definition) is 5. The number of carbonyl (C=O) groups excluding carboxylic acids is 2. The summed E-state index contributed by atoms with van der Waals surface area (Å²) in [6, 6.07) is 10.3. The largest absolute Gasteiger partial charge is 0.493 e. The van der Waals surface area contributed by atoms with E-state index in [-0.39, 0.29) is 21.8 Å². The summed E-state index contributed by atoms with van der Waals surface area (Å²) in [5.41, 5.74) is 1.78. The first-order valence-electron chi connectivity index (χ1n) is 9.44. The topological polar surface area (TPSA) is 61.8 Å². The van der Waals surface area contributed by atoms with Crippen LogP contribution in [0, 0.1) is 0 Å². The van der Waals surface area contributed by atoms with E-state index in [9.17, 15) is 9.59 Å². The molecular weight excluding hydrogens is 392 g/mol. The highest BCUT2D eigenvalue weighted by atomic mass is 35.5. The predicted molar refractivity (Wildman–Crippen MR) is 114 cm³/mol. The molecule has 1 atom stereocenters. The lowest BCUT2D eigenvalue weighted by atomic mass is 9.86. The van der Waals surface area contributed by atoms with Gasteiger partial charge in [-0.05, 0) is 37.0 Å². The van der Waals surface area contributed by atoms with Gasteiger partial charge in [0.15, 0.2) is 17.6 Å². The molecule has 156 valence electrons. The lowest BCUT2D eigenvalue weighted by Crippen LogP contribution is -2.24. The number of carbonyl (C=O) groups is 2. The van der Waals surface area contributed by atoms with Crippen molar-refractivity contribution in [2.45, 2.75) is 46.1 Å². The Labute approximate surface area is 176 Å². The third-order valence-corrected chi connectivity index (χ3v) is 4.72. The fourth-order valence-corrected chi connectivity index (χ4v) is 3.04. The third kappa shape index (κ3) is 5.51. The van der Waals surface area contributed by atoms with Crippen molar-refractivity contribution >= 4 is 23.4 Å². The predicted octanol–water partition coefficient (Wildman–Crippen LogP) is 5.47. The molecule has 29 heavy (non-hydrogen) atoms. The van der Waals surface area contributed by atoms with E-state index >= 15 is 0 Å². The maximum atomic E-state index is 12.7. The number of ether oxygens (including phenoxy) is 3. The first-order chi connectivity index (χ1) is 13.6. The van der Waals surface area contributed by atoms with Gasteiger partial charge in [0.2, 0.25) is 5.78 Å². The van der Waals surface area contributed by atoms with Gasteiger partial charge in [-0.2, -0.15) is 0 Å². The summed E-state index contributed by atoms with van der Waals surface area (Å²) in [5.74, 6) is -0.262. The Morgan fingerprint density at radius 3 is 2.21 bits per heavy atom. The van der Waals surface area contributed by atoms with Crippen LogP contribution in [-0.4, -0.2) is 31.6 Å². The van der Waals surface area contributed by atoms with Crippen molar-refractivity contribution in [3.05, 3.63) is 58.1 Å². The van der Waals surface area contributed by atoms with Crippen molar-refractivity contribution in [3.8, 4) is 11.5 Å². The number of esters is 1. The summed E-state index contributed by atoms with van der Waals surface area (Å²) in [5, 5.41) is 0.231. The van der Waals surface area contributed by atoms with Crippen LogP contribution >= 0.6 is 11.6 Å². The Kier molecular flexibility index (Phi) is 7.31. The van der Waals surface area contributed by atoms with E-state index in [4.69, 9.17) is 25.8 Å². The average molecular weight is 419 g/mol. The summed E-state index contributed by atoms with van der Waals surface area (Å²) in [4.78, 5) is 25.2. The van der Waals surface area contributed by atoms with Crippen LogP contribution in [0.2, 0.25) is 5.02 Å². The first-order valence-corrected chi connectivity index (χ1v) is 9.82. The van der Waals surface area contributed by atoms with Crippen LogP contribution in [0.4, 0.5) is 0 Å². The number of rotatable bonds is 7. The number of halogens is 1. The zero-order valence-electron chi connectivity index (χ0n) is 17.7. The van der Waals surface area contributed by atoms with Gasteiger partial charge in [-0.1, -0.05) is 56.6 Å². The minimum Gasteiger partial charge on any atom is -0.493 e. The van der Waals surface area contributed by atoms with Crippen molar-refractivity contribution in [2.75, 3.05) is 13.7 Å². The first kappa shape index (κ1) is 22.8. The van der Waals surface area contributed by atoms with Gasteiger partial charge in [0, 0.05) is 5.56 Å². The van der Waals surface area contributed by atoms with Crippen LogP contribution in [0.25, 0.3) is 0 Å². The van der Waals surface area contributed by atoms with Crippen molar-refractivity contribution in [1.29, 1.82) is 0 Å². The Morgan fingerprint density at radius 2 is 1.69 bits per heavy atom. The standard InChI is InChI=1S/C23H27ClO5/c1-7-28-21-18(24)12-16(13-19(21)27-6)22(26)29-14(2)20(25)15-8-10-17(11-9-15)23(3,4)5/h8-14H,7H2,1-6H3/t14-/m0/s1. The molecule has 0 bridgehead atoms. The fraction of sp³-hybridized carbons (Fsp3) is 0.391. The van der Waals surface area contributed by atoms with Crippen LogP contribution in [0.1, 0.15) is 60.9 Å². The highest BCUT2D eigenvalue weighted by molar-refractivity contribution is 6.32. The van der Waals surface area contributed by atoms with Crippen molar-refractivity contribution < 1.29 is 23.8 Å². The number of hydrogen-bond donors (Lipinski definition) is 0. The maximum Gasteiger partial charge on any atom is 0.339 e. The molecule has 0 aliphatic carbocycles. The van der Waals surface area contributed by atoms with Gasteiger partial charge in [0.1, 0.15) is 0 Å². The van der Waals surface area contributed by atoms with E-state index in [1.54, 1.807) is 19.1 Å². The van der Waals surface area contributed by atoms with Crippen molar-refractivity contribution in [1.82, 2.24) is 0 Å². The van der Waals surface area contributed by atoms with Gasteiger partial charge in [0.05, 0.1) is 24.3 Å². The van der Waals surface area contributed by atoms with Crippen molar-refractivity contribution in [3.63, 3.8) is 0 Å². The average Bonchev–Trinajstić information content (AvgIpc) is 2.68. The van der Waals surface area contributed by atoms with E-state index in [2.05, 4.69) is 20.8 Å². The zero-order valence-corrected chi connectivity index (χ0v) is 18.4. The van der Waals surface area contributed by atoms with E-state index in [1.165, 1.54) is 19.2 Å². The molecule has 0 saturated heterocycles. The van der Waals surface area contributed by atoms with Crippen LogP contribution in [0.15, 0.2) is 36.4 Å². The second-order valence-corrected chi connectivity index (χ2v) is 8.07. The second kappa shape index (κ2) is 9.31. The minimum absolute atomic E-state index is 0.00830. The molecule has 2 aromatic carbocycles.